The molecule has 0 radical (unpaired) electrons. The smallest absolute Gasteiger partial charge is 0.164 e. The third kappa shape index (κ3) is 3.48. The van der Waals surface area contributed by atoms with E-state index < -0.39 is 0 Å². The summed E-state index contributed by atoms with van der Waals surface area (Å²) < 4.78 is 6.47. The molecule has 1 N–H and O–H groups in total. The van der Waals surface area contributed by atoms with Crippen molar-refractivity contribution in [2.45, 2.75) is 25.8 Å². The van der Waals surface area contributed by atoms with Crippen LogP contribution in [-0.4, -0.2) is 13.1 Å². The number of benzene rings is 1. The zero-order valence-electron chi connectivity index (χ0n) is 11.4. The van der Waals surface area contributed by atoms with Gasteiger partial charge in [0.25, 0.3) is 0 Å². The second-order valence-corrected chi connectivity index (χ2v) is 6.22. The van der Waals surface area contributed by atoms with E-state index in [1.807, 2.05) is 12.1 Å². The Hall–Kier alpha value is -1.17. The predicted molar refractivity (Wildman–Crippen MR) is 91.3 cm³/mol. The number of furan rings is 1. The van der Waals surface area contributed by atoms with Crippen molar-refractivity contribution in [2.75, 3.05) is 23.3 Å². The van der Waals surface area contributed by atoms with E-state index in [2.05, 4.69) is 57.1 Å². The Morgan fingerprint density at radius 3 is 2.40 bits per heavy atom. The van der Waals surface area contributed by atoms with Crippen molar-refractivity contribution in [3.8, 4) is 0 Å². The minimum absolute atomic E-state index is 0.728. The van der Waals surface area contributed by atoms with Crippen LogP contribution in [0.5, 0.6) is 0 Å². The molecule has 1 aromatic heterocycles. The lowest BCUT2D eigenvalue weighted by molar-refractivity contribution is 0.493. The molecule has 3 nitrogen and oxygen atoms in total. The van der Waals surface area contributed by atoms with Crippen LogP contribution < -0.4 is 10.2 Å². The molecular weight excluding hydrogens is 363 g/mol. The molecular formula is C16H19IN2O. The van der Waals surface area contributed by atoms with Gasteiger partial charge in [0.2, 0.25) is 0 Å². The first-order chi connectivity index (χ1) is 9.81. The Balaban J connectivity index is 1.58. The molecule has 1 aliphatic heterocycles. The highest BCUT2D eigenvalue weighted by Crippen LogP contribution is 2.22. The van der Waals surface area contributed by atoms with Gasteiger partial charge in [-0.25, -0.2) is 0 Å². The van der Waals surface area contributed by atoms with Crippen molar-refractivity contribution < 1.29 is 4.42 Å². The SMILES string of the molecule is Ic1ccc(CNc2ccc(N3CCCCC3)cc2)o1. The molecule has 20 heavy (non-hydrogen) atoms. The first-order valence-electron chi connectivity index (χ1n) is 7.14. The maximum Gasteiger partial charge on any atom is 0.164 e. The van der Waals surface area contributed by atoms with E-state index in [1.165, 1.54) is 38.0 Å². The average Bonchev–Trinajstić information content (AvgIpc) is 2.92. The quantitative estimate of drug-likeness (QED) is 0.791. The Morgan fingerprint density at radius 1 is 1.00 bits per heavy atom. The van der Waals surface area contributed by atoms with E-state index in [4.69, 9.17) is 4.42 Å². The summed E-state index contributed by atoms with van der Waals surface area (Å²) in [6.07, 6.45) is 4.01. The van der Waals surface area contributed by atoms with Gasteiger partial charge in [0, 0.05) is 24.5 Å². The molecule has 0 amide bonds. The highest BCUT2D eigenvalue weighted by molar-refractivity contribution is 14.1. The topological polar surface area (TPSA) is 28.4 Å². The van der Waals surface area contributed by atoms with Crippen LogP contribution in [0.2, 0.25) is 0 Å². The Labute approximate surface area is 133 Å². The predicted octanol–water partition coefficient (Wildman–Crippen LogP) is 4.49. The zero-order valence-corrected chi connectivity index (χ0v) is 13.6. The molecule has 0 bridgehead atoms. The van der Waals surface area contributed by atoms with Gasteiger partial charge in [-0.2, -0.15) is 0 Å². The lowest BCUT2D eigenvalue weighted by Gasteiger charge is -2.28. The Kier molecular flexibility index (Phi) is 4.50. The fourth-order valence-electron chi connectivity index (χ4n) is 2.58. The van der Waals surface area contributed by atoms with Crippen LogP contribution in [0.25, 0.3) is 0 Å². The summed E-state index contributed by atoms with van der Waals surface area (Å²) in [6.45, 7) is 3.11. The summed E-state index contributed by atoms with van der Waals surface area (Å²) in [6, 6.07) is 12.7. The lowest BCUT2D eigenvalue weighted by atomic mass is 10.1. The monoisotopic (exact) mass is 382 g/mol. The first kappa shape index (κ1) is 13.8. The number of nitrogens with one attached hydrogen (secondary N) is 1. The summed E-state index contributed by atoms with van der Waals surface area (Å²) in [7, 11) is 0. The number of halogens is 1. The van der Waals surface area contributed by atoms with E-state index in [9.17, 15) is 0 Å². The lowest BCUT2D eigenvalue weighted by Crippen LogP contribution is -2.29. The van der Waals surface area contributed by atoms with Gasteiger partial charge in [0.15, 0.2) is 3.77 Å². The second kappa shape index (κ2) is 6.52. The summed E-state index contributed by atoms with van der Waals surface area (Å²) in [5.41, 5.74) is 2.47. The molecule has 0 aliphatic carbocycles. The van der Waals surface area contributed by atoms with Crippen molar-refractivity contribution in [3.63, 3.8) is 0 Å². The van der Waals surface area contributed by atoms with Gasteiger partial charge in [0.05, 0.1) is 6.54 Å². The van der Waals surface area contributed by atoms with E-state index >= 15 is 0 Å². The van der Waals surface area contributed by atoms with Gasteiger partial charge in [-0.1, -0.05) is 0 Å². The van der Waals surface area contributed by atoms with E-state index in [0.29, 0.717) is 0 Å². The van der Waals surface area contributed by atoms with Crippen LogP contribution in [0.15, 0.2) is 40.8 Å². The van der Waals surface area contributed by atoms with Gasteiger partial charge in [0.1, 0.15) is 5.76 Å². The van der Waals surface area contributed by atoms with Crippen LogP contribution in [-0.2, 0) is 6.54 Å². The molecule has 2 heterocycles. The van der Waals surface area contributed by atoms with E-state index in [1.54, 1.807) is 0 Å². The highest BCUT2D eigenvalue weighted by atomic mass is 127. The molecule has 1 fully saturated rings. The normalized spacial score (nSPS) is 15.3. The fraction of sp³-hybridized carbons (Fsp3) is 0.375. The highest BCUT2D eigenvalue weighted by Gasteiger charge is 2.10. The van der Waals surface area contributed by atoms with Crippen molar-refractivity contribution in [2.24, 2.45) is 0 Å². The van der Waals surface area contributed by atoms with Crippen molar-refractivity contribution in [1.29, 1.82) is 0 Å². The summed E-state index contributed by atoms with van der Waals surface area (Å²) >= 11 is 2.18. The average molecular weight is 382 g/mol. The third-order valence-corrected chi connectivity index (χ3v) is 4.26. The van der Waals surface area contributed by atoms with Crippen LogP contribution in [0.4, 0.5) is 11.4 Å². The minimum atomic E-state index is 0.728. The van der Waals surface area contributed by atoms with Crippen molar-refractivity contribution in [1.82, 2.24) is 0 Å². The standard InChI is InChI=1S/C16H19IN2O/c17-16-9-8-15(20-16)12-18-13-4-6-14(7-5-13)19-10-2-1-3-11-19/h4-9,18H,1-3,10-12H2. The molecule has 1 aliphatic rings. The van der Waals surface area contributed by atoms with Crippen LogP contribution >= 0.6 is 22.6 Å². The number of piperidine rings is 1. The largest absolute Gasteiger partial charge is 0.454 e. The zero-order chi connectivity index (χ0) is 13.8. The Bertz CT molecular complexity index is 544. The minimum Gasteiger partial charge on any atom is -0.454 e. The van der Waals surface area contributed by atoms with Crippen molar-refractivity contribution in [3.05, 3.63) is 45.9 Å². The molecule has 0 unspecified atom stereocenters. The first-order valence-corrected chi connectivity index (χ1v) is 8.22. The van der Waals surface area contributed by atoms with E-state index in [0.717, 1.165) is 21.8 Å². The summed E-state index contributed by atoms with van der Waals surface area (Å²) in [5, 5.41) is 3.39. The van der Waals surface area contributed by atoms with Crippen molar-refractivity contribution >= 4 is 34.0 Å². The number of hydrogen-bond donors (Lipinski definition) is 1. The van der Waals surface area contributed by atoms with Gasteiger partial charge in [-0.15, -0.1) is 0 Å². The molecule has 0 saturated carbocycles. The third-order valence-electron chi connectivity index (χ3n) is 3.68. The molecule has 3 rings (SSSR count). The van der Waals surface area contributed by atoms with E-state index in [-0.39, 0.29) is 0 Å². The van der Waals surface area contributed by atoms with Gasteiger partial charge in [-0.3, -0.25) is 0 Å². The molecule has 1 aromatic carbocycles. The van der Waals surface area contributed by atoms with Crippen LogP contribution in [0, 0.1) is 3.77 Å². The Morgan fingerprint density at radius 2 is 1.75 bits per heavy atom. The van der Waals surface area contributed by atoms with Crippen LogP contribution in [0.1, 0.15) is 25.0 Å². The molecule has 2 aromatic rings. The fourth-order valence-corrected chi connectivity index (χ4v) is 3.04. The van der Waals surface area contributed by atoms with Gasteiger partial charge in [-0.05, 0) is 78.3 Å². The summed E-state index contributed by atoms with van der Waals surface area (Å²) in [4.78, 5) is 2.47. The number of nitrogens with zero attached hydrogens (tertiary/aromatic N) is 1. The molecule has 0 atom stereocenters. The van der Waals surface area contributed by atoms with Gasteiger partial charge >= 0.3 is 0 Å². The molecule has 0 spiro atoms. The molecule has 106 valence electrons. The van der Waals surface area contributed by atoms with Gasteiger partial charge < -0.3 is 14.6 Å². The number of rotatable bonds is 4. The number of anilines is 2. The molecule has 4 heteroatoms. The molecule has 1 saturated heterocycles. The maximum absolute atomic E-state index is 5.54. The summed E-state index contributed by atoms with van der Waals surface area (Å²) in [5.74, 6) is 0.967. The second-order valence-electron chi connectivity index (χ2n) is 5.15. The number of hydrogen-bond acceptors (Lipinski definition) is 3. The van der Waals surface area contributed by atoms with Crippen LogP contribution in [0.3, 0.4) is 0 Å². The maximum atomic E-state index is 5.54.